The van der Waals surface area contributed by atoms with Crippen LogP contribution in [0.2, 0.25) is 0 Å². The zero-order valence-corrected chi connectivity index (χ0v) is 15.4. The summed E-state index contributed by atoms with van der Waals surface area (Å²) in [5.41, 5.74) is 1.04. The molecule has 2 atom stereocenters. The van der Waals surface area contributed by atoms with E-state index in [9.17, 15) is 4.79 Å². The largest absolute Gasteiger partial charge is 0.486 e. The average molecular weight is 347 g/mol. The van der Waals surface area contributed by atoms with Crippen LogP contribution in [-0.4, -0.2) is 50.3 Å². The first-order chi connectivity index (χ1) is 12.0. The van der Waals surface area contributed by atoms with Crippen molar-refractivity contribution in [3.05, 3.63) is 23.8 Å². The smallest absolute Gasteiger partial charge is 0.315 e. The van der Waals surface area contributed by atoms with Crippen molar-refractivity contribution in [2.45, 2.75) is 38.8 Å². The molecular weight excluding hydrogens is 318 g/mol. The molecule has 2 aliphatic heterocycles. The molecule has 2 amide bonds. The molecule has 0 saturated carbocycles. The van der Waals surface area contributed by atoms with Crippen molar-refractivity contribution in [3.8, 4) is 11.5 Å². The minimum absolute atomic E-state index is 0.0721. The van der Waals surface area contributed by atoms with E-state index in [4.69, 9.17) is 9.47 Å². The number of nitrogens with zero attached hydrogens (tertiary/aromatic N) is 1. The molecule has 138 valence electrons. The lowest BCUT2D eigenvalue weighted by Gasteiger charge is -2.31. The Labute approximate surface area is 149 Å². The summed E-state index contributed by atoms with van der Waals surface area (Å²) in [5, 5.41) is 6.26. The maximum atomic E-state index is 12.5. The van der Waals surface area contributed by atoms with Crippen molar-refractivity contribution in [3.63, 3.8) is 0 Å². The molecule has 0 radical (unpaired) electrons. The minimum Gasteiger partial charge on any atom is -0.486 e. The lowest BCUT2D eigenvalue weighted by Crippen LogP contribution is -2.50. The molecule has 6 heteroatoms. The van der Waals surface area contributed by atoms with E-state index in [-0.39, 0.29) is 24.0 Å². The summed E-state index contributed by atoms with van der Waals surface area (Å²) in [4.78, 5) is 14.8. The lowest BCUT2D eigenvalue weighted by molar-refractivity contribution is 0.171. The lowest BCUT2D eigenvalue weighted by atomic mass is 9.95. The number of piperidine rings is 1. The predicted octanol–water partition coefficient (Wildman–Crippen LogP) is 2.55. The molecule has 25 heavy (non-hydrogen) atoms. The fourth-order valence-electron chi connectivity index (χ4n) is 3.54. The molecule has 0 aromatic heterocycles. The fraction of sp³-hybridized carbons (Fsp3) is 0.632. The molecule has 0 aliphatic carbocycles. The Morgan fingerprint density at radius 3 is 2.72 bits per heavy atom. The Bertz CT molecular complexity index is 606. The van der Waals surface area contributed by atoms with Crippen LogP contribution in [0, 0.1) is 5.92 Å². The maximum Gasteiger partial charge on any atom is 0.315 e. The average Bonchev–Trinajstić information content (AvgIpc) is 2.59. The molecule has 2 N–H and O–H groups in total. The van der Waals surface area contributed by atoms with Crippen LogP contribution in [0.1, 0.15) is 38.3 Å². The third kappa shape index (κ3) is 4.57. The van der Waals surface area contributed by atoms with E-state index in [1.165, 1.54) is 0 Å². The second-order valence-corrected chi connectivity index (χ2v) is 7.34. The van der Waals surface area contributed by atoms with Gasteiger partial charge in [-0.2, -0.15) is 0 Å². The fourth-order valence-corrected chi connectivity index (χ4v) is 3.54. The number of benzene rings is 1. The first-order valence-electron chi connectivity index (χ1n) is 9.18. The number of hydrogen-bond donors (Lipinski definition) is 2. The number of carbonyl (C=O) groups excluding carboxylic acids is 1. The molecular formula is C19H29N3O3. The second kappa shape index (κ2) is 7.95. The van der Waals surface area contributed by atoms with Crippen LogP contribution in [-0.2, 0) is 0 Å². The number of fused-ring (bicyclic) bond motifs is 1. The molecule has 3 rings (SSSR count). The third-order valence-electron chi connectivity index (χ3n) is 4.84. The van der Waals surface area contributed by atoms with E-state index >= 15 is 0 Å². The Balaban J connectivity index is 1.65. The van der Waals surface area contributed by atoms with Gasteiger partial charge in [0, 0.05) is 12.6 Å². The molecule has 1 fully saturated rings. The summed E-state index contributed by atoms with van der Waals surface area (Å²) in [6.07, 6.45) is 2.16. The van der Waals surface area contributed by atoms with E-state index in [1.54, 1.807) is 0 Å². The molecule has 2 heterocycles. The summed E-state index contributed by atoms with van der Waals surface area (Å²) in [6.45, 7) is 7.37. The van der Waals surface area contributed by atoms with Crippen LogP contribution in [0.5, 0.6) is 11.5 Å². The van der Waals surface area contributed by atoms with Gasteiger partial charge < -0.3 is 25.0 Å². The van der Waals surface area contributed by atoms with Gasteiger partial charge in [-0.05, 0) is 50.0 Å². The van der Waals surface area contributed by atoms with E-state index in [0.29, 0.717) is 13.2 Å². The van der Waals surface area contributed by atoms with Gasteiger partial charge in [0.1, 0.15) is 13.2 Å². The monoisotopic (exact) mass is 347 g/mol. The highest BCUT2D eigenvalue weighted by Crippen LogP contribution is 2.34. The zero-order valence-electron chi connectivity index (χ0n) is 15.4. The zero-order chi connectivity index (χ0) is 17.8. The van der Waals surface area contributed by atoms with Gasteiger partial charge >= 0.3 is 6.03 Å². The first-order valence-corrected chi connectivity index (χ1v) is 9.18. The van der Waals surface area contributed by atoms with Crippen LogP contribution in [0.3, 0.4) is 0 Å². The van der Waals surface area contributed by atoms with Crippen LogP contribution in [0.15, 0.2) is 18.2 Å². The number of amides is 2. The van der Waals surface area contributed by atoms with E-state index in [1.807, 2.05) is 18.2 Å². The number of carbonyl (C=O) groups is 1. The summed E-state index contributed by atoms with van der Waals surface area (Å²) in [5.74, 6) is 1.79. The Morgan fingerprint density at radius 2 is 2.00 bits per heavy atom. The number of ether oxygens (including phenoxy) is 2. The third-order valence-corrected chi connectivity index (χ3v) is 4.84. The number of likely N-dealkylation sites (N-methyl/N-ethyl adjacent to an activating group) is 1. The van der Waals surface area contributed by atoms with E-state index in [2.05, 4.69) is 36.4 Å². The summed E-state index contributed by atoms with van der Waals surface area (Å²) < 4.78 is 11.3. The van der Waals surface area contributed by atoms with Crippen molar-refractivity contribution in [2.24, 2.45) is 5.92 Å². The van der Waals surface area contributed by atoms with Gasteiger partial charge in [-0.15, -0.1) is 0 Å². The summed E-state index contributed by atoms with van der Waals surface area (Å²) >= 11 is 0. The number of likely N-dealkylation sites (tertiary alicyclic amines) is 1. The van der Waals surface area contributed by atoms with Crippen molar-refractivity contribution >= 4 is 6.03 Å². The molecule has 6 nitrogen and oxygen atoms in total. The van der Waals surface area contributed by atoms with Gasteiger partial charge in [0.05, 0.1) is 6.04 Å². The van der Waals surface area contributed by atoms with E-state index in [0.717, 1.165) is 43.0 Å². The quantitative estimate of drug-likeness (QED) is 0.879. The molecule has 0 bridgehead atoms. The highest BCUT2D eigenvalue weighted by atomic mass is 16.6. The van der Waals surface area contributed by atoms with Gasteiger partial charge in [0.2, 0.25) is 0 Å². The van der Waals surface area contributed by atoms with Crippen molar-refractivity contribution < 1.29 is 14.3 Å². The maximum absolute atomic E-state index is 12.5. The Hall–Kier alpha value is -1.95. The number of hydrogen-bond acceptors (Lipinski definition) is 4. The highest BCUT2D eigenvalue weighted by molar-refractivity contribution is 5.75. The molecule has 1 aromatic carbocycles. The topological polar surface area (TPSA) is 62.8 Å². The van der Waals surface area contributed by atoms with E-state index < -0.39 is 0 Å². The highest BCUT2D eigenvalue weighted by Gasteiger charge is 2.24. The molecule has 0 unspecified atom stereocenters. The SMILES string of the molecule is CC(C)[C@@H](NC(=O)N[C@H]1CCCN(C)C1)c1ccc2c(c1)OCCO2. The van der Waals surface area contributed by atoms with Crippen LogP contribution < -0.4 is 20.1 Å². The standard InChI is InChI=1S/C19H29N3O3/c1-13(2)18(14-6-7-16-17(11-14)25-10-9-24-16)21-19(23)20-15-5-4-8-22(3)12-15/h6-7,11,13,15,18H,4-5,8-10,12H2,1-3H3,(H2,20,21,23)/t15-,18+/m0/s1. The predicted molar refractivity (Wildman–Crippen MR) is 97.2 cm³/mol. The molecule has 0 spiro atoms. The van der Waals surface area contributed by atoms with Gasteiger partial charge in [-0.1, -0.05) is 19.9 Å². The molecule has 1 aromatic rings. The van der Waals surface area contributed by atoms with Gasteiger partial charge in [-0.25, -0.2) is 4.79 Å². The van der Waals surface area contributed by atoms with Crippen LogP contribution in [0.4, 0.5) is 4.79 Å². The second-order valence-electron chi connectivity index (χ2n) is 7.34. The summed E-state index contributed by atoms with van der Waals surface area (Å²) in [6, 6.07) is 5.95. The number of rotatable bonds is 4. The Kier molecular flexibility index (Phi) is 5.68. The number of urea groups is 1. The normalized spacial score (nSPS) is 21.7. The first kappa shape index (κ1) is 17.9. The van der Waals surface area contributed by atoms with Gasteiger partial charge in [-0.3, -0.25) is 0 Å². The van der Waals surface area contributed by atoms with Crippen molar-refractivity contribution in [2.75, 3.05) is 33.4 Å². The van der Waals surface area contributed by atoms with Crippen molar-refractivity contribution in [1.82, 2.24) is 15.5 Å². The van der Waals surface area contributed by atoms with Crippen molar-refractivity contribution in [1.29, 1.82) is 0 Å². The van der Waals surface area contributed by atoms with Crippen LogP contribution in [0.25, 0.3) is 0 Å². The molecule has 1 saturated heterocycles. The van der Waals surface area contributed by atoms with Gasteiger partial charge in [0.15, 0.2) is 11.5 Å². The Morgan fingerprint density at radius 1 is 1.24 bits per heavy atom. The molecule has 2 aliphatic rings. The van der Waals surface area contributed by atoms with Crippen LogP contribution >= 0.6 is 0 Å². The number of nitrogens with one attached hydrogen (secondary N) is 2. The summed E-state index contributed by atoms with van der Waals surface area (Å²) in [7, 11) is 2.10. The minimum atomic E-state index is -0.103. The van der Waals surface area contributed by atoms with Gasteiger partial charge in [0.25, 0.3) is 0 Å².